The molecule has 2 aliphatic rings. The van der Waals surface area contributed by atoms with Crippen molar-refractivity contribution in [2.24, 2.45) is 0 Å². The number of nitrogens with zero attached hydrogens (tertiary/aromatic N) is 2. The molecule has 1 N–H and O–H groups in total. The van der Waals surface area contributed by atoms with Crippen LogP contribution >= 0.6 is 27.7 Å². The quantitative estimate of drug-likeness (QED) is 0.738. The van der Waals surface area contributed by atoms with Gasteiger partial charge in [-0.15, -0.1) is 0 Å². The molecule has 2 aliphatic heterocycles. The van der Waals surface area contributed by atoms with E-state index in [1.807, 2.05) is 55.1 Å². The number of halogens is 1. The highest BCUT2D eigenvalue weighted by Crippen LogP contribution is 2.40. The number of hydrogen-bond donors (Lipinski definition) is 1. The van der Waals surface area contributed by atoms with Gasteiger partial charge in [-0.3, -0.25) is 0 Å². The molecule has 4 rings (SSSR count). The maximum absolute atomic E-state index is 11.8. The normalized spacial score (nSPS) is 22.5. The molecular formula is C20H22BrN2O2S+. The number of anilines is 1. The van der Waals surface area contributed by atoms with Gasteiger partial charge in [0.05, 0.1) is 13.2 Å². The lowest BCUT2D eigenvalue weighted by molar-refractivity contribution is -0.532. The summed E-state index contributed by atoms with van der Waals surface area (Å²) in [4.78, 5) is 2.08. The fourth-order valence-electron chi connectivity index (χ4n) is 3.57. The Labute approximate surface area is 166 Å². The molecular weight excluding hydrogens is 412 g/mol. The number of aliphatic hydroxyl groups is 1. The van der Waals surface area contributed by atoms with Gasteiger partial charge in [-0.05, 0) is 73.6 Å². The van der Waals surface area contributed by atoms with Gasteiger partial charge in [0.2, 0.25) is 0 Å². The van der Waals surface area contributed by atoms with Crippen LogP contribution in [0.5, 0.6) is 5.75 Å². The van der Waals surface area contributed by atoms with Crippen molar-refractivity contribution >= 4 is 38.5 Å². The Balaban J connectivity index is 1.76. The third-order valence-corrected chi connectivity index (χ3v) is 6.48. The molecule has 4 nitrogen and oxygen atoms in total. The fraction of sp³-hybridized carbons (Fsp3) is 0.350. The van der Waals surface area contributed by atoms with Crippen LogP contribution in [-0.4, -0.2) is 40.3 Å². The smallest absolute Gasteiger partial charge is 0.316 e. The van der Waals surface area contributed by atoms with E-state index in [9.17, 15) is 5.11 Å². The molecule has 0 amide bonds. The van der Waals surface area contributed by atoms with Gasteiger partial charge in [-0.25, -0.2) is 4.58 Å². The Morgan fingerprint density at radius 1 is 1.19 bits per heavy atom. The molecule has 1 unspecified atom stereocenters. The first-order valence-electron chi connectivity index (χ1n) is 8.88. The maximum atomic E-state index is 11.8. The molecule has 2 aromatic rings. The number of amidine groups is 1. The van der Waals surface area contributed by atoms with Gasteiger partial charge in [0.25, 0.3) is 5.72 Å². The highest BCUT2D eigenvalue weighted by molar-refractivity contribution is 9.10. The predicted molar refractivity (Wildman–Crippen MR) is 110 cm³/mol. The lowest BCUT2D eigenvalue weighted by atomic mass is 10.0. The molecule has 0 saturated carbocycles. The standard InChI is InChI=1S/C20H22BrN2O2S/c1-2-25-18-10-4-15(5-11-18)20(24)14-22-12-3-13-26-19(22)23(20)17-8-6-16(21)7-9-17/h4-11,24H,2-3,12-14H2,1H3/q+1. The molecule has 2 heterocycles. The van der Waals surface area contributed by atoms with Crippen LogP contribution in [0.1, 0.15) is 18.9 Å². The van der Waals surface area contributed by atoms with Crippen LogP contribution < -0.4 is 9.64 Å². The van der Waals surface area contributed by atoms with Crippen molar-refractivity contribution in [3.63, 3.8) is 0 Å². The van der Waals surface area contributed by atoms with E-state index in [1.165, 1.54) is 0 Å². The maximum Gasteiger partial charge on any atom is 0.316 e. The number of hydrogen-bond acceptors (Lipinski definition) is 4. The zero-order valence-corrected chi connectivity index (χ0v) is 17.1. The van der Waals surface area contributed by atoms with Crippen LogP contribution in [0.15, 0.2) is 53.0 Å². The molecule has 0 fully saturated rings. The molecule has 0 bridgehead atoms. The molecule has 0 aliphatic carbocycles. The Kier molecular flexibility index (Phi) is 4.99. The van der Waals surface area contributed by atoms with Gasteiger partial charge in [0.15, 0.2) is 6.54 Å². The molecule has 2 aromatic carbocycles. The first-order chi connectivity index (χ1) is 12.6. The average molecular weight is 434 g/mol. The summed E-state index contributed by atoms with van der Waals surface area (Å²) in [6.45, 7) is 4.16. The zero-order chi connectivity index (χ0) is 18.1. The molecule has 0 radical (unpaired) electrons. The number of ether oxygens (including phenoxy) is 1. The summed E-state index contributed by atoms with van der Waals surface area (Å²) in [6.07, 6.45) is 1.14. The van der Waals surface area contributed by atoms with E-state index in [0.717, 1.165) is 45.4 Å². The SMILES string of the molecule is CCOc1ccc(C2(O)C[N+]3=C(SCCC3)N2c2ccc(Br)cc2)cc1. The van der Waals surface area contributed by atoms with Crippen LogP contribution in [0.3, 0.4) is 0 Å². The Morgan fingerprint density at radius 3 is 2.62 bits per heavy atom. The minimum Gasteiger partial charge on any atom is -0.494 e. The summed E-state index contributed by atoms with van der Waals surface area (Å²) in [5.41, 5.74) is 0.786. The summed E-state index contributed by atoms with van der Waals surface area (Å²) in [7, 11) is 0. The topological polar surface area (TPSA) is 35.7 Å². The number of benzene rings is 2. The molecule has 136 valence electrons. The Hall–Kier alpha value is -1.50. The Morgan fingerprint density at radius 2 is 1.92 bits per heavy atom. The molecule has 0 spiro atoms. The van der Waals surface area contributed by atoms with Crippen LogP contribution in [0.25, 0.3) is 0 Å². The van der Waals surface area contributed by atoms with Gasteiger partial charge in [0.1, 0.15) is 11.4 Å². The van der Waals surface area contributed by atoms with E-state index in [4.69, 9.17) is 4.74 Å². The summed E-state index contributed by atoms with van der Waals surface area (Å²) in [5.74, 6) is 1.91. The van der Waals surface area contributed by atoms with Crippen molar-refractivity contribution in [2.75, 3.05) is 30.3 Å². The van der Waals surface area contributed by atoms with Gasteiger partial charge in [0, 0.05) is 15.8 Å². The summed E-state index contributed by atoms with van der Waals surface area (Å²) < 4.78 is 8.88. The van der Waals surface area contributed by atoms with Gasteiger partial charge < -0.3 is 9.84 Å². The minimum atomic E-state index is -1.09. The van der Waals surface area contributed by atoms with Crippen molar-refractivity contribution in [2.45, 2.75) is 19.1 Å². The van der Waals surface area contributed by atoms with Crippen molar-refractivity contribution < 1.29 is 14.4 Å². The lowest BCUT2D eigenvalue weighted by Crippen LogP contribution is -2.46. The molecule has 26 heavy (non-hydrogen) atoms. The van der Waals surface area contributed by atoms with Crippen LogP contribution in [0.4, 0.5) is 5.69 Å². The zero-order valence-electron chi connectivity index (χ0n) is 14.7. The highest BCUT2D eigenvalue weighted by atomic mass is 79.9. The number of rotatable bonds is 4. The van der Waals surface area contributed by atoms with E-state index >= 15 is 0 Å². The predicted octanol–water partition coefficient (Wildman–Crippen LogP) is 4.02. The van der Waals surface area contributed by atoms with Crippen molar-refractivity contribution in [3.8, 4) is 5.75 Å². The summed E-state index contributed by atoms with van der Waals surface area (Å²) >= 11 is 5.32. The van der Waals surface area contributed by atoms with E-state index < -0.39 is 5.72 Å². The third kappa shape index (κ3) is 3.15. The van der Waals surface area contributed by atoms with Gasteiger partial charge >= 0.3 is 5.17 Å². The van der Waals surface area contributed by atoms with Crippen LogP contribution in [0, 0.1) is 0 Å². The van der Waals surface area contributed by atoms with E-state index in [-0.39, 0.29) is 0 Å². The fourth-order valence-corrected chi connectivity index (χ4v) is 5.02. The second kappa shape index (κ2) is 7.25. The Bertz CT molecular complexity index is 823. The minimum absolute atomic E-state index is 0.569. The van der Waals surface area contributed by atoms with Gasteiger partial charge in [-0.2, -0.15) is 4.90 Å². The second-order valence-electron chi connectivity index (χ2n) is 6.49. The summed E-state index contributed by atoms with van der Waals surface area (Å²) in [6, 6.07) is 16.0. The van der Waals surface area contributed by atoms with Crippen molar-refractivity contribution in [3.05, 3.63) is 58.6 Å². The molecule has 0 saturated heterocycles. The molecule has 6 heteroatoms. The largest absolute Gasteiger partial charge is 0.494 e. The first-order valence-corrected chi connectivity index (χ1v) is 10.7. The lowest BCUT2D eigenvalue weighted by Gasteiger charge is -2.28. The molecule has 1 atom stereocenters. The van der Waals surface area contributed by atoms with Crippen molar-refractivity contribution in [1.29, 1.82) is 0 Å². The van der Waals surface area contributed by atoms with Crippen molar-refractivity contribution in [1.82, 2.24) is 0 Å². The van der Waals surface area contributed by atoms with E-state index in [2.05, 4.69) is 37.5 Å². The van der Waals surface area contributed by atoms with E-state index in [0.29, 0.717) is 13.2 Å². The average Bonchev–Trinajstić information content (AvgIpc) is 2.96. The van der Waals surface area contributed by atoms with Gasteiger partial charge in [-0.1, -0.05) is 15.9 Å². The number of thioether (sulfide) groups is 1. The molecule has 0 aromatic heterocycles. The second-order valence-corrected chi connectivity index (χ2v) is 8.47. The van der Waals surface area contributed by atoms with E-state index in [1.54, 1.807) is 0 Å². The summed E-state index contributed by atoms with van der Waals surface area (Å²) in [5, 5.41) is 12.9. The third-order valence-electron chi connectivity index (χ3n) is 4.76. The highest BCUT2D eigenvalue weighted by Gasteiger charge is 2.55. The monoisotopic (exact) mass is 433 g/mol. The van der Waals surface area contributed by atoms with Crippen LogP contribution in [0.2, 0.25) is 0 Å². The van der Waals surface area contributed by atoms with Crippen LogP contribution in [-0.2, 0) is 5.72 Å². The first kappa shape index (κ1) is 17.9.